The van der Waals surface area contributed by atoms with Gasteiger partial charge in [-0.25, -0.2) is 4.57 Å². The van der Waals surface area contributed by atoms with Crippen LogP contribution in [0.4, 0.5) is 0 Å². The predicted octanol–water partition coefficient (Wildman–Crippen LogP) is 5.42. The van der Waals surface area contributed by atoms with Crippen molar-refractivity contribution in [3.8, 4) is 0 Å². The molecule has 0 spiro atoms. The third kappa shape index (κ3) is 24.1. The van der Waals surface area contributed by atoms with Crippen LogP contribution in [0, 0.1) is 0 Å². The summed E-state index contributed by atoms with van der Waals surface area (Å²) in [5.41, 5.74) is 0. The standard InChI is InChI=1S/C23H48NO6P/c1-5-6-7-8-9-10-11-12-13-14-15-16-17-19-28-21-23(25)22-30-31(26,27)29-20-18-24(2,3)4/h17,19,23,25H,5-16,18,20-22H2,1-4H3/p+1/b19-17-. The van der Waals surface area contributed by atoms with E-state index in [-0.39, 0.29) is 19.8 Å². The minimum atomic E-state index is -4.15. The maximum atomic E-state index is 11.8. The lowest BCUT2D eigenvalue weighted by atomic mass is 10.1. The number of aliphatic hydroxyl groups is 1. The molecule has 0 saturated heterocycles. The number of rotatable bonds is 22. The topological polar surface area (TPSA) is 85.2 Å². The Balaban J connectivity index is 3.53. The maximum Gasteiger partial charge on any atom is 0.472 e. The molecular weight excluding hydrogens is 417 g/mol. The van der Waals surface area contributed by atoms with Crippen LogP contribution < -0.4 is 0 Å². The molecule has 0 heterocycles. The Morgan fingerprint density at radius 3 is 1.97 bits per heavy atom. The number of allylic oxidation sites excluding steroid dienone is 1. The number of aliphatic hydroxyl groups excluding tert-OH is 1. The summed E-state index contributed by atoms with van der Waals surface area (Å²) < 4.78 is 27.3. The molecule has 2 atom stereocenters. The van der Waals surface area contributed by atoms with Crippen LogP contribution in [-0.2, 0) is 18.3 Å². The highest BCUT2D eigenvalue weighted by atomic mass is 31.2. The second-order valence-electron chi connectivity index (χ2n) is 9.29. The molecule has 8 heteroatoms. The first-order chi connectivity index (χ1) is 14.7. The molecule has 0 aromatic rings. The highest BCUT2D eigenvalue weighted by Crippen LogP contribution is 2.43. The van der Waals surface area contributed by atoms with E-state index >= 15 is 0 Å². The van der Waals surface area contributed by atoms with Crippen LogP contribution in [-0.4, -0.2) is 68.1 Å². The van der Waals surface area contributed by atoms with Crippen molar-refractivity contribution in [1.29, 1.82) is 0 Å². The summed E-state index contributed by atoms with van der Waals surface area (Å²) in [4.78, 5) is 9.60. The Kier molecular flexibility index (Phi) is 18.8. The molecule has 0 bridgehead atoms. The van der Waals surface area contributed by atoms with Gasteiger partial charge in [0.05, 0.1) is 34.0 Å². The van der Waals surface area contributed by atoms with Crippen molar-refractivity contribution in [3.05, 3.63) is 12.3 Å². The van der Waals surface area contributed by atoms with Gasteiger partial charge in [-0.2, -0.15) is 0 Å². The number of ether oxygens (including phenoxy) is 1. The Labute approximate surface area is 191 Å². The highest BCUT2D eigenvalue weighted by molar-refractivity contribution is 7.47. The molecule has 0 amide bonds. The van der Waals surface area contributed by atoms with E-state index in [1.165, 1.54) is 64.2 Å². The van der Waals surface area contributed by atoms with Gasteiger partial charge in [0.25, 0.3) is 0 Å². The monoisotopic (exact) mass is 466 g/mol. The average molecular weight is 467 g/mol. The van der Waals surface area contributed by atoms with Gasteiger partial charge in [-0.1, -0.05) is 71.1 Å². The molecule has 0 aliphatic rings. The van der Waals surface area contributed by atoms with Crippen molar-refractivity contribution in [2.24, 2.45) is 0 Å². The van der Waals surface area contributed by atoms with Gasteiger partial charge >= 0.3 is 7.82 Å². The fourth-order valence-corrected chi connectivity index (χ4v) is 3.67. The lowest BCUT2D eigenvalue weighted by Crippen LogP contribution is -2.37. The third-order valence-electron chi connectivity index (χ3n) is 4.90. The Morgan fingerprint density at radius 1 is 0.871 bits per heavy atom. The van der Waals surface area contributed by atoms with Gasteiger partial charge in [0.2, 0.25) is 0 Å². The summed E-state index contributed by atoms with van der Waals surface area (Å²) >= 11 is 0. The van der Waals surface area contributed by atoms with E-state index < -0.39 is 13.9 Å². The summed E-state index contributed by atoms with van der Waals surface area (Å²) in [6, 6.07) is 0. The molecule has 0 aliphatic heterocycles. The van der Waals surface area contributed by atoms with Gasteiger partial charge < -0.3 is 19.2 Å². The lowest BCUT2D eigenvalue weighted by molar-refractivity contribution is -0.870. The minimum absolute atomic E-state index is 0.00758. The van der Waals surface area contributed by atoms with E-state index in [1.807, 2.05) is 27.2 Å². The van der Waals surface area contributed by atoms with E-state index in [0.29, 0.717) is 11.0 Å². The van der Waals surface area contributed by atoms with E-state index in [1.54, 1.807) is 6.26 Å². The fraction of sp³-hybridized carbons (Fsp3) is 0.913. The highest BCUT2D eigenvalue weighted by Gasteiger charge is 2.24. The van der Waals surface area contributed by atoms with E-state index in [0.717, 1.165) is 12.8 Å². The zero-order chi connectivity index (χ0) is 23.4. The molecule has 0 saturated carbocycles. The first-order valence-electron chi connectivity index (χ1n) is 12.0. The Hall–Kier alpha value is -0.430. The molecule has 0 fully saturated rings. The summed E-state index contributed by atoms with van der Waals surface area (Å²) in [5, 5.41) is 9.80. The van der Waals surface area contributed by atoms with E-state index in [4.69, 9.17) is 13.8 Å². The molecule has 0 rings (SSSR count). The van der Waals surface area contributed by atoms with Crippen LogP contribution in [0.1, 0.15) is 84.0 Å². The first kappa shape index (κ1) is 30.6. The van der Waals surface area contributed by atoms with Crippen LogP contribution >= 0.6 is 7.82 Å². The zero-order valence-electron chi connectivity index (χ0n) is 20.5. The first-order valence-corrected chi connectivity index (χ1v) is 13.5. The molecule has 186 valence electrons. The number of hydrogen-bond acceptors (Lipinski definition) is 5. The van der Waals surface area contributed by atoms with Gasteiger partial charge in [0.15, 0.2) is 0 Å². The fourth-order valence-electron chi connectivity index (χ4n) is 2.92. The second-order valence-corrected chi connectivity index (χ2v) is 10.7. The number of phosphoric ester groups is 1. The molecular formula is C23H49NO6P+. The van der Waals surface area contributed by atoms with Gasteiger partial charge in [-0.3, -0.25) is 9.05 Å². The van der Waals surface area contributed by atoms with Gasteiger partial charge in [-0.05, 0) is 18.9 Å². The van der Waals surface area contributed by atoms with Gasteiger partial charge in [0.1, 0.15) is 25.9 Å². The number of phosphoric acid groups is 1. The van der Waals surface area contributed by atoms with Crippen molar-refractivity contribution >= 4 is 7.82 Å². The Bertz CT molecular complexity index is 481. The molecule has 2 unspecified atom stereocenters. The van der Waals surface area contributed by atoms with Gasteiger partial charge in [-0.15, -0.1) is 0 Å². The van der Waals surface area contributed by atoms with Crippen LogP contribution in [0.5, 0.6) is 0 Å². The Morgan fingerprint density at radius 2 is 1.42 bits per heavy atom. The maximum absolute atomic E-state index is 11.8. The molecule has 0 aromatic heterocycles. The largest absolute Gasteiger partial charge is 0.499 e. The average Bonchev–Trinajstić information content (AvgIpc) is 2.68. The van der Waals surface area contributed by atoms with E-state index in [9.17, 15) is 14.6 Å². The quantitative estimate of drug-likeness (QED) is 0.0959. The molecule has 0 radical (unpaired) electrons. The van der Waals surface area contributed by atoms with Crippen LogP contribution in [0.3, 0.4) is 0 Å². The summed E-state index contributed by atoms with van der Waals surface area (Å²) in [5.74, 6) is 0. The van der Waals surface area contributed by atoms with Crippen molar-refractivity contribution in [2.75, 3.05) is 47.5 Å². The van der Waals surface area contributed by atoms with E-state index in [2.05, 4.69) is 6.92 Å². The zero-order valence-corrected chi connectivity index (χ0v) is 21.4. The van der Waals surface area contributed by atoms with Gasteiger partial charge in [0, 0.05) is 0 Å². The van der Waals surface area contributed by atoms with Crippen molar-refractivity contribution in [3.63, 3.8) is 0 Å². The number of unbranched alkanes of at least 4 members (excludes halogenated alkanes) is 11. The number of likely N-dealkylation sites (N-methyl/N-ethyl adjacent to an activating group) is 1. The minimum Gasteiger partial charge on any atom is -0.499 e. The molecule has 2 N–H and O–H groups in total. The molecule has 7 nitrogen and oxygen atoms in total. The van der Waals surface area contributed by atoms with Crippen LogP contribution in [0.25, 0.3) is 0 Å². The molecule has 0 aliphatic carbocycles. The number of hydrogen-bond donors (Lipinski definition) is 2. The SMILES string of the molecule is CCCCCCCCCCCCC/C=C\OCC(O)COP(=O)(O)OCC[N+](C)(C)C. The normalized spacial score (nSPS) is 15.3. The van der Waals surface area contributed by atoms with Crippen molar-refractivity contribution in [1.82, 2.24) is 0 Å². The summed E-state index contributed by atoms with van der Waals surface area (Å²) in [6.45, 7) is 2.62. The summed E-state index contributed by atoms with van der Waals surface area (Å²) in [7, 11) is 1.72. The molecule has 31 heavy (non-hydrogen) atoms. The van der Waals surface area contributed by atoms with Crippen molar-refractivity contribution in [2.45, 2.75) is 90.1 Å². The number of nitrogens with zero attached hydrogens (tertiary/aromatic N) is 1. The summed E-state index contributed by atoms with van der Waals surface area (Å²) in [6.07, 6.45) is 18.1. The smallest absolute Gasteiger partial charge is 0.472 e. The third-order valence-corrected chi connectivity index (χ3v) is 5.89. The number of quaternary nitrogens is 1. The lowest BCUT2D eigenvalue weighted by Gasteiger charge is -2.24. The molecule has 0 aromatic carbocycles. The second kappa shape index (κ2) is 19.1. The van der Waals surface area contributed by atoms with Crippen molar-refractivity contribution < 1.29 is 32.8 Å². The predicted molar refractivity (Wildman–Crippen MR) is 127 cm³/mol. The van der Waals surface area contributed by atoms with Crippen LogP contribution in [0.15, 0.2) is 12.3 Å². The van der Waals surface area contributed by atoms with Crippen LogP contribution in [0.2, 0.25) is 0 Å².